The van der Waals surface area contributed by atoms with E-state index in [1.54, 1.807) is 6.20 Å². The minimum atomic E-state index is -0.781. The molecule has 146 valence electrons. The number of carboxylic acid groups (broad SMARTS) is 1. The van der Waals surface area contributed by atoms with E-state index in [1.807, 2.05) is 6.92 Å². The van der Waals surface area contributed by atoms with Crippen molar-refractivity contribution in [2.75, 3.05) is 18.4 Å². The number of nitrogens with zero attached hydrogens (tertiary/aromatic N) is 3. The summed E-state index contributed by atoms with van der Waals surface area (Å²) in [5.41, 5.74) is 1.62. The molecule has 0 radical (unpaired) electrons. The Morgan fingerprint density at radius 2 is 2.00 bits per heavy atom. The summed E-state index contributed by atoms with van der Waals surface area (Å²) in [7, 11) is 0. The number of nitrogens with one attached hydrogen (secondary N) is 2. The zero-order valence-corrected chi connectivity index (χ0v) is 15.6. The molecule has 0 aliphatic heterocycles. The predicted molar refractivity (Wildman–Crippen MR) is 99.6 cm³/mol. The molecule has 0 saturated heterocycles. The molecule has 3 aliphatic rings. The zero-order chi connectivity index (χ0) is 19.0. The highest BCUT2D eigenvalue weighted by Gasteiger charge is 2.38. The first kappa shape index (κ1) is 18.2. The molecule has 3 N–H and O–H groups in total. The second kappa shape index (κ2) is 7.42. The van der Waals surface area contributed by atoms with E-state index in [9.17, 15) is 9.59 Å². The van der Waals surface area contributed by atoms with Crippen molar-refractivity contribution in [2.45, 2.75) is 63.5 Å². The maximum atomic E-state index is 12.4. The van der Waals surface area contributed by atoms with E-state index in [0.29, 0.717) is 17.5 Å². The highest BCUT2D eigenvalue weighted by Crippen LogP contribution is 2.42. The second-order valence-electron chi connectivity index (χ2n) is 8.18. The Balaban J connectivity index is 1.27. The first-order valence-electron chi connectivity index (χ1n) is 9.85. The van der Waals surface area contributed by atoms with Gasteiger partial charge in [0.15, 0.2) is 0 Å². The summed E-state index contributed by atoms with van der Waals surface area (Å²) >= 11 is 0. The molecule has 0 atom stereocenters. The van der Waals surface area contributed by atoms with Gasteiger partial charge in [0.25, 0.3) is 0 Å². The molecule has 1 heterocycles. The second-order valence-corrected chi connectivity index (χ2v) is 8.18. The normalized spacial score (nSPS) is 24.4. The van der Waals surface area contributed by atoms with Gasteiger partial charge in [0.2, 0.25) is 0 Å². The van der Waals surface area contributed by atoms with Crippen molar-refractivity contribution in [1.82, 2.24) is 20.2 Å². The van der Waals surface area contributed by atoms with Gasteiger partial charge in [-0.15, -0.1) is 0 Å². The van der Waals surface area contributed by atoms with Crippen LogP contribution in [0.4, 0.5) is 10.5 Å². The van der Waals surface area contributed by atoms with Crippen LogP contribution in [-0.4, -0.2) is 57.1 Å². The molecule has 3 saturated carbocycles. The predicted octanol–water partition coefficient (Wildman–Crippen LogP) is 2.11. The Labute approximate surface area is 158 Å². The molecular weight excluding hydrogens is 346 g/mol. The van der Waals surface area contributed by atoms with Crippen molar-refractivity contribution in [2.24, 2.45) is 5.92 Å². The number of rotatable bonds is 8. The molecule has 2 amide bonds. The Hall–Kier alpha value is -2.22. The lowest BCUT2D eigenvalue weighted by Crippen LogP contribution is -2.55. The number of hydrogen-bond acceptors (Lipinski definition) is 5. The Morgan fingerprint density at radius 3 is 2.63 bits per heavy atom. The average molecular weight is 373 g/mol. The van der Waals surface area contributed by atoms with Gasteiger partial charge in [0.05, 0.1) is 24.1 Å². The van der Waals surface area contributed by atoms with Crippen LogP contribution in [0.2, 0.25) is 0 Å². The molecule has 1 aromatic heterocycles. The fourth-order valence-corrected chi connectivity index (χ4v) is 3.75. The van der Waals surface area contributed by atoms with Crippen LogP contribution in [-0.2, 0) is 4.79 Å². The number of hydrogen-bond donors (Lipinski definition) is 3. The third-order valence-electron chi connectivity index (χ3n) is 5.64. The summed E-state index contributed by atoms with van der Waals surface area (Å²) in [6.45, 7) is 2.81. The van der Waals surface area contributed by atoms with Crippen LogP contribution in [0, 0.1) is 12.8 Å². The standard InChI is InChI=1S/C19H27N5O3/c1-11-20-8-16(18(21-11)13-4-5-13)23-19(27)22-14-6-15(7-14)24(10-17(25)26)9-12-2-3-12/h8,12-15H,2-7,9-10H2,1H3,(H,25,26)(H2,22,23,27). The molecule has 27 heavy (non-hydrogen) atoms. The van der Waals surface area contributed by atoms with Crippen LogP contribution in [0.3, 0.4) is 0 Å². The number of urea groups is 1. The lowest BCUT2D eigenvalue weighted by molar-refractivity contribution is -0.139. The van der Waals surface area contributed by atoms with Gasteiger partial charge in [-0.1, -0.05) is 0 Å². The first-order valence-corrected chi connectivity index (χ1v) is 9.85. The Morgan fingerprint density at radius 1 is 1.26 bits per heavy atom. The number of carbonyl (C=O) groups is 2. The first-order chi connectivity index (χ1) is 13.0. The van der Waals surface area contributed by atoms with Gasteiger partial charge in [0.1, 0.15) is 5.82 Å². The fourth-order valence-electron chi connectivity index (χ4n) is 3.75. The zero-order valence-electron chi connectivity index (χ0n) is 15.6. The van der Waals surface area contributed by atoms with Crippen molar-refractivity contribution < 1.29 is 14.7 Å². The van der Waals surface area contributed by atoms with Crippen molar-refractivity contribution in [3.05, 3.63) is 17.7 Å². The summed E-state index contributed by atoms with van der Waals surface area (Å²) in [5.74, 6) is 1.03. The molecule has 8 nitrogen and oxygen atoms in total. The van der Waals surface area contributed by atoms with E-state index in [0.717, 1.165) is 43.7 Å². The maximum Gasteiger partial charge on any atom is 0.319 e. The van der Waals surface area contributed by atoms with E-state index in [2.05, 4.69) is 25.5 Å². The van der Waals surface area contributed by atoms with Crippen LogP contribution >= 0.6 is 0 Å². The molecule has 4 rings (SSSR count). The third kappa shape index (κ3) is 4.74. The van der Waals surface area contributed by atoms with Crippen LogP contribution in [0.5, 0.6) is 0 Å². The van der Waals surface area contributed by atoms with Crippen LogP contribution in [0.1, 0.15) is 56.0 Å². The summed E-state index contributed by atoms with van der Waals surface area (Å²) in [5, 5.41) is 15.0. The third-order valence-corrected chi connectivity index (χ3v) is 5.64. The highest BCUT2D eigenvalue weighted by atomic mass is 16.4. The largest absolute Gasteiger partial charge is 0.480 e. The van der Waals surface area contributed by atoms with Crippen LogP contribution in [0.15, 0.2) is 6.20 Å². The highest BCUT2D eigenvalue weighted by molar-refractivity contribution is 5.90. The van der Waals surface area contributed by atoms with Gasteiger partial charge >= 0.3 is 12.0 Å². The molecule has 0 aromatic carbocycles. The number of carboxylic acids is 1. The van der Waals surface area contributed by atoms with Gasteiger partial charge in [-0.3, -0.25) is 9.69 Å². The average Bonchev–Trinajstić information content (AvgIpc) is 3.44. The van der Waals surface area contributed by atoms with E-state index >= 15 is 0 Å². The van der Waals surface area contributed by atoms with Gasteiger partial charge in [-0.25, -0.2) is 14.8 Å². The van der Waals surface area contributed by atoms with Gasteiger partial charge in [-0.05, 0) is 51.4 Å². The molecule has 3 fully saturated rings. The maximum absolute atomic E-state index is 12.4. The summed E-state index contributed by atoms with van der Waals surface area (Å²) in [4.78, 5) is 34.2. The molecular formula is C19H27N5O3. The topological polar surface area (TPSA) is 107 Å². The van der Waals surface area contributed by atoms with Crippen molar-refractivity contribution >= 4 is 17.7 Å². The molecule has 8 heteroatoms. The molecule has 0 unspecified atom stereocenters. The van der Waals surface area contributed by atoms with Crippen LogP contribution < -0.4 is 10.6 Å². The minimum absolute atomic E-state index is 0.0845. The Kier molecular flexibility index (Phi) is 4.99. The summed E-state index contributed by atoms with van der Waals surface area (Å²) < 4.78 is 0. The van der Waals surface area contributed by atoms with E-state index in [-0.39, 0.29) is 24.7 Å². The number of amides is 2. The molecule has 1 aromatic rings. The van der Waals surface area contributed by atoms with E-state index < -0.39 is 5.97 Å². The number of aliphatic carboxylic acids is 1. The van der Waals surface area contributed by atoms with Crippen LogP contribution in [0.25, 0.3) is 0 Å². The number of aromatic nitrogens is 2. The summed E-state index contributed by atoms with van der Waals surface area (Å²) in [6.07, 6.45) is 7.91. The smallest absolute Gasteiger partial charge is 0.319 e. The number of carbonyl (C=O) groups excluding carboxylic acids is 1. The molecule has 0 bridgehead atoms. The minimum Gasteiger partial charge on any atom is -0.480 e. The van der Waals surface area contributed by atoms with Gasteiger partial charge in [-0.2, -0.15) is 0 Å². The monoisotopic (exact) mass is 373 g/mol. The van der Waals surface area contributed by atoms with Crippen molar-refractivity contribution in [3.8, 4) is 0 Å². The van der Waals surface area contributed by atoms with Gasteiger partial charge < -0.3 is 15.7 Å². The SMILES string of the molecule is Cc1ncc(NC(=O)NC2CC(N(CC(=O)O)CC3CC3)C2)c(C2CC2)n1. The van der Waals surface area contributed by atoms with Crippen molar-refractivity contribution in [3.63, 3.8) is 0 Å². The lowest BCUT2D eigenvalue weighted by atomic mass is 9.85. The lowest BCUT2D eigenvalue weighted by Gasteiger charge is -2.42. The number of aryl methyl sites for hydroxylation is 1. The molecule has 0 spiro atoms. The van der Waals surface area contributed by atoms with Gasteiger partial charge in [0, 0.05) is 24.5 Å². The number of anilines is 1. The molecule has 3 aliphatic carbocycles. The van der Waals surface area contributed by atoms with E-state index in [4.69, 9.17) is 5.11 Å². The quantitative estimate of drug-likeness (QED) is 0.644. The van der Waals surface area contributed by atoms with E-state index in [1.165, 1.54) is 12.8 Å². The summed E-state index contributed by atoms with van der Waals surface area (Å²) in [6, 6.07) is 0.0951. The van der Waals surface area contributed by atoms with Crippen molar-refractivity contribution in [1.29, 1.82) is 0 Å². The fraction of sp³-hybridized carbons (Fsp3) is 0.684. The Bertz CT molecular complexity index is 726.